The molecule has 0 saturated carbocycles. The lowest BCUT2D eigenvalue weighted by Crippen LogP contribution is -2.48. The number of carbonyl (C=O) groups excluding carboxylic acids is 1. The molecule has 0 N–H and O–H groups in total. The molecule has 5 heteroatoms. The number of hydrogen-bond acceptors (Lipinski definition) is 1. The quantitative estimate of drug-likeness (QED) is 0.634. The zero-order chi connectivity index (χ0) is 12.6. The minimum Gasteiger partial charge on any atom is -0.342 e. The van der Waals surface area contributed by atoms with Crippen molar-refractivity contribution in [2.24, 2.45) is 11.3 Å². The van der Waals surface area contributed by atoms with Crippen LogP contribution in [0.4, 0.5) is 13.2 Å². The zero-order valence-electron chi connectivity index (χ0n) is 9.90. The highest BCUT2D eigenvalue weighted by atomic mass is 19.4. The number of hydrogen-bond donors (Lipinski definition) is 0. The van der Waals surface area contributed by atoms with Gasteiger partial charge in [0, 0.05) is 18.5 Å². The highest BCUT2D eigenvalue weighted by molar-refractivity contribution is 5.81. The molecule has 0 unspecified atom stereocenters. The molecular formula is C11H18F3NO. The molecular weight excluding hydrogens is 219 g/mol. The van der Waals surface area contributed by atoms with E-state index < -0.39 is 17.5 Å². The van der Waals surface area contributed by atoms with E-state index in [1.54, 1.807) is 20.8 Å². The Balaban J connectivity index is 2.68. The van der Waals surface area contributed by atoms with Crippen molar-refractivity contribution in [2.45, 2.75) is 39.8 Å². The van der Waals surface area contributed by atoms with E-state index in [1.165, 1.54) is 4.90 Å². The van der Waals surface area contributed by atoms with Gasteiger partial charge in [0.25, 0.3) is 0 Å². The summed E-state index contributed by atoms with van der Waals surface area (Å²) in [7, 11) is 0. The molecule has 0 aromatic carbocycles. The third-order valence-electron chi connectivity index (χ3n) is 2.81. The maximum atomic E-state index is 12.5. The van der Waals surface area contributed by atoms with Gasteiger partial charge in [-0.15, -0.1) is 0 Å². The first-order chi connectivity index (χ1) is 7.12. The number of halogens is 3. The van der Waals surface area contributed by atoms with E-state index in [-0.39, 0.29) is 18.9 Å². The number of alkyl halides is 3. The van der Waals surface area contributed by atoms with Crippen LogP contribution in [0.5, 0.6) is 0 Å². The molecule has 1 atom stereocenters. The fourth-order valence-electron chi connectivity index (χ4n) is 1.90. The van der Waals surface area contributed by atoms with Gasteiger partial charge in [-0.05, 0) is 12.8 Å². The lowest BCUT2D eigenvalue weighted by molar-refractivity contribution is -0.189. The first kappa shape index (κ1) is 13.3. The Morgan fingerprint density at radius 3 is 2.25 bits per heavy atom. The monoisotopic (exact) mass is 237 g/mol. The number of nitrogens with zero attached hydrogens (tertiary/aromatic N) is 1. The predicted octanol–water partition coefficient (Wildman–Crippen LogP) is 2.83. The largest absolute Gasteiger partial charge is 0.393 e. The smallest absolute Gasteiger partial charge is 0.342 e. The van der Waals surface area contributed by atoms with E-state index in [4.69, 9.17) is 0 Å². The summed E-state index contributed by atoms with van der Waals surface area (Å²) in [6.45, 7) is 5.45. The Hall–Kier alpha value is -0.740. The topological polar surface area (TPSA) is 20.3 Å². The van der Waals surface area contributed by atoms with Gasteiger partial charge in [0.05, 0.1) is 5.92 Å². The fraction of sp³-hybridized carbons (Fsp3) is 0.909. The minimum absolute atomic E-state index is 0.136. The van der Waals surface area contributed by atoms with Crippen LogP contribution in [0.2, 0.25) is 0 Å². The molecule has 94 valence electrons. The number of rotatable bonds is 0. The van der Waals surface area contributed by atoms with E-state index in [2.05, 4.69) is 0 Å². The lowest BCUT2D eigenvalue weighted by Gasteiger charge is -2.37. The Morgan fingerprint density at radius 2 is 1.81 bits per heavy atom. The van der Waals surface area contributed by atoms with Crippen molar-refractivity contribution >= 4 is 5.91 Å². The van der Waals surface area contributed by atoms with Crippen LogP contribution >= 0.6 is 0 Å². The highest BCUT2D eigenvalue weighted by Gasteiger charge is 2.43. The van der Waals surface area contributed by atoms with Gasteiger partial charge >= 0.3 is 6.18 Å². The maximum absolute atomic E-state index is 12.5. The number of carbonyl (C=O) groups is 1. The molecule has 0 spiro atoms. The zero-order valence-corrected chi connectivity index (χ0v) is 9.90. The van der Waals surface area contributed by atoms with Crippen LogP contribution in [-0.2, 0) is 4.79 Å². The average molecular weight is 237 g/mol. The molecule has 1 rings (SSSR count). The third kappa shape index (κ3) is 3.12. The first-order valence-electron chi connectivity index (χ1n) is 5.48. The summed E-state index contributed by atoms with van der Waals surface area (Å²) >= 11 is 0. The van der Waals surface area contributed by atoms with Gasteiger partial charge in [-0.3, -0.25) is 4.79 Å². The molecule has 0 aliphatic carbocycles. The van der Waals surface area contributed by atoms with Crippen molar-refractivity contribution in [1.82, 2.24) is 4.90 Å². The molecule has 1 aliphatic rings. The van der Waals surface area contributed by atoms with Crippen molar-refractivity contribution in [3.05, 3.63) is 0 Å². The Labute approximate surface area is 93.8 Å². The molecule has 1 heterocycles. The van der Waals surface area contributed by atoms with E-state index in [9.17, 15) is 18.0 Å². The summed E-state index contributed by atoms with van der Waals surface area (Å²) in [5.74, 6) is -1.55. The second-order valence-corrected chi connectivity index (χ2v) is 5.38. The van der Waals surface area contributed by atoms with Gasteiger partial charge in [0.1, 0.15) is 0 Å². The third-order valence-corrected chi connectivity index (χ3v) is 2.81. The number of piperidine rings is 1. The molecule has 0 aromatic heterocycles. The summed E-state index contributed by atoms with van der Waals surface area (Å²) in [5, 5.41) is 0. The van der Waals surface area contributed by atoms with E-state index in [0.29, 0.717) is 13.0 Å². The molecule has 1 fully saturated rings. The van der Waals surface area contributed by atoms with Crippen LogP contribution in [-0.4, -0.2) is 30.1 Å². The molecule has 1 aliphatic heterocycles. The van der Waals surface area contributed by atoms with Crippen LogP contribution in [0.3, 0.4) is 0 Å². The summed E-state index contributed by atoms with van der Waals surface area (Å²) in [6.07, 6.45) is -3.61. The Morgan fingerprint density at radius 1 is 1.25 bits per heavy atom. The van der Waals surface area contributed by atoms with E-state index in [0.717, 1.165) is 0 Å². The van der Waals surface area contributed by atoms with Crippen molar-refractivity contribution in [2.75, 3.05) is 13.1 Å². The van der Waals surface area contributed by atoms with Crippen LogP contribution in [0, 0.1) is 11.3 Å². The van der Waals surface area contributed by atoms with Crippen LogP contribution < -0.4 is 0 Å². The van der Waals surface area contributed by atoms with Gasteiger partial charge in [-0.1, -0.05) is 20.8 Å². The van der Waals surface area contributed by atoms with E-state index >= 15 is 0 Å². The number of likely N-dealkylation sites (tertiary alicyclic amines) is 1. The molecule has 16 heavy (non-hydrogen) atoms. The van der Waals surface area contributed by atoms with Crippen LogP contribution in [0.15, 0.2) is 0 Å². The summed E-state index contributed by atoms with van der Waals surface area (Å²) < 4.78 is 37.6. The normalized spacial score (nSPS) is 23.4. The predicted molar refractivity (Wildman–Crippen MR) is 54.8 cm³/mol. The highest BCUT2D eigenvalue weighted by Crippen LogP contribution is 2.34. The van der Waals surface area contributed by atoms with Crippen molar-refractivity contribution in [3.63, 3.8) is 0 Å². The van der Waals surface area contributed by atoms with E-state index in [1.807, 2.05) is 0 Å². The summed E-state index contributed by atoms with van der Waals surface area (Å²) in [6, 6.07) is 0. The molecule has 1 amide bonds. The van der Waals surface area contributed by atoms with Crippen molar-refractivity contribution < 1.29 is 18.0 Å². The van der Waals surface area contributed by atoms with Gasteiger partial charge in [0.2, 0.25) is 5.91 Å². The van der Waals surface area contributed by atoms with Crippen LogP contribution in [0.1, 0.15) is 33.6 Å². The molecule has 0 bridgehead atoms. The van der Waals surface area contributed by atoms with Gasteiger partial charge in [0.15, 0.2) is 0 Å². The molecule has 1 saturated heterocycles. The Bertz CT molecular complexity index is 267. The minimum atomic E-state index is -4.18. The second-order valence-electron chi connectivity index (χ2n) is 5.38. The van der Waals surface area contributed by atoms with Crippen LogP contribution in [0.25, 0.3) is 0 Å². The van der Waals surface area contributed by atoms with Crippen molar-refractivity contribution in [1.29, 1.82) is 0 Å². The SMILES string of the molecule is CC(C)(C)C(=O)N1CCC[C@H](C(F)(F)F)C1. The molecule has 0 radical (unpaired) electrons. The van der Waals surface area contributed by atoms with Gasteiger partial charge in [-0.25, -0.2) is 0 Å². The fourth-order valence-corrected chi connectivity index (χ4v) is 1.90. The number of amides is 1. The standard InChI is InChI=1S/C11H18F3NO/c1-10(2,3)9(16)15-6-4-5-8(7-15)11(12,13)14/h8H,4-7H2,1-3H3/t8-/m0/s1. The lowest BCUT2D eigenvalue weighted by atomic mass is 9.91. The maximum Gasteiger partial charge on any atom is 0.393 e. The van der Waals surface area contributed by atoms with Gasteiger partial charge < -0.3 is 4.90 Å². The second kappa shape index (κ2) is 4.26. The first-order valence-corrected chi connectivity index (χ1v) is 5.48. The molecule has 0 aromatic rings. The average Bonchev–Trinajstić information content (AvgIpc) is 2.14. The summed E-state index contributed by atoms with van der Waals surface area (Å²) in [4.78, 5) is 13.2. The molecule has 2 nitrogen and oxygen atoms in total. The van der Waals surface area contributed by atoms with Gasteiger partial charge in [-0.2, -0.15) is 13.2 Å². The summed E-state index contributed by atoms with van der Waals surface area (Å²) in [5.41, 5.74) is -0.604. The van der Waals surface area contributed by atoms with Crippen molar-refractivity contribution in [3.8, 4) is 0 Å². The Kier molecular flexibility index (Phi) is 3.55.